The second-order valence-electron chi connectivity index (χ2n) is 11.7. The van der Waals surface area contributed by atoms with Gasteiger partial charge < -0.3 is 10.2 Å². The maximum atomic E-state index is 11.5. The molecule has 6 unspecified atom stereocenters. The lowest BCUT2D eigenvalue weighted by atomic mass is 9.41. The number of rotatable bonds is 6. The van der Waals surface area contributed by atoms with Gasteiger partial charge >= 0.3 is 10.4 Å². The van der Waals surface area contributed by atoms with Gasteiger partial charge in [-0.2, -0.15) is 8.42 Å². The average molecular weight is 459 g/mol. The third kappa shape index (κ3) is 4.23. The summed E-state index contributed by atoms with van der Waals surface area (Å²) in [5, 5.41) is 21.9. The Labute approximate surface area is 188 Å². The van der Waals surface area contributed by atoms with Crippen molar-refractivity contribution in [3.05, 3.63) is 0 Å². The molecule has 0 spiro atoms. The molecule has 0 saturated heterocycles. The van der Waals surface area contributed by atoms with Gasteiger partial charge in [0.05, 0.1) is 18.8 Å². The second kappa shape index (κ2) is 8.53. The lowest BCUT2D eigenvalue weighted by Gasteiger charge is -2.64. The van der Waals surface area contributed by atoms with Crippen LogP contribution < -0.4 is 0 Å². The Balaban J connectivity index is 1.53. The zero-order valence-corrected chi connectivity index (χ0v) is 20.2. The molecule has 4 rings (SSSR count). The van der Waals surface area contributed by atoms with Crippen molar-refractivity contribution < 1.29 is 27.4 Å². The molecule has 0 radical (unpaired) electrons. The van der Waals surface area contributed by atoms with E-state index in [1.165, 1.54) is 12.8 Å². The van der Waals surface area contributed by atoms with Crippen molar-refractivity contribution in [2.75, 3.05) is 6.61 Å². The van der Waals surface area contributed by atoms with Gasteiger partial charge in [0.25, 0.3) is 0 Å². The molecule has 4 aliphatic rings. The predicted octanol–water partition coefficient (Wildman–Crippen LogP) is 4.21. The Hall–Kier alpha value is -0.210. The van der Waals surface area contributed by atoms with Crippen LogP contribution in [-0.2, 0) is 14.6 Å². The maximum absolute atomic E-state index is 11.5. The molecule has 0 aromatic heterocycles. The van der Waals surface area contributed by atoms with Crippen LogP contribution in [0.4, 0.5) is 0 Å². The Morgan fingerprint density at radius 1 is 1.03 bits per heavy atom. The monoisotopic (exact) mass is 458 g/mol. The highest BCUT2D eigenvalue weighted by Gasteiger charge is 2.64. The molecular formula is C24H42O6S. The summed E-state index contributed by atoms with van der Waals surface area (Å²) in [4.78, 5) is 0. The van der Waals surface area contributed by atoms with Crippen LogP contribution >= 0.6 is 0 Å². The van der Waals surface area contributed by atoms with E-state index in [4.69, 9.17) is 4.55 Å². The highest BCUT2D eigenvalue weighted by molar-refractivity contribution is 7.80. The minimum absolute atomic E-state index is 0.0185. The third-order valence-corrected chi connectivity index (χ3v) is 10.9. The van der Waals surface area contributed by atoms with Crippen molar-refractivity contribution >= 4 is 10.4 Å². The van der Waals surface area contributed by atoms with Crippen molar-refractivity contribution in [1.82, 2.24) is 0 Å². The fraction of sp³-hybridized carbons (Fsp3) is 1.00. The zero-order chi connectivity index (χ0) is 22.6. The molecule has 7 heteroatoms. The summed E-state index contributed by atoms with van der Waals surface area (Å²) in [5.41, 5.74) is 0.194. The molecule has 6 nitrogen and oxygen atoms in total. The van der Waals surface area contributed by atoms with Crippen molar-refractivity contribution in [3.8, 4) is 0 Å². The Kier molecular flexibility index (Phi) is 6.59. The van der Waals surface area contributed by atoms with Gasteiger partial charge in [-0.15, -0.1) is 0 Å². The smallest absolute Gasteiger partial charge is 0.393 e. The van der Waals surface area contributed by atoms with Gasteiger partial charge in [-0.05, 0) is 104 Å². The van der Waals surface area contributed by atoms with Gasteiger partial charge in [0.1, 0.15) is 0 Å². The topological polar surface area (TPSA) is 104 Å². The van der Waals surface area contributed by atoms with Crippen LogP contribution in [-0.4, -0.2) is 42.0 Å². The summed E-state index contributed by atoms with van der Waals surface area (Å²) in [7, 11) is -4.37. The Morgan fingerprint density at radius 2 is 1.77 bits per heavy atom. The van der Waals surface area contributed by atoms with Gasteiger partial charge in [0.2, 0.25) is 0 Å². The van der Waals surface area contributed by atoms with Gasteiger partial charge in [0.15, 0.2) is 0 Å². The van der Waals surface area contributed by atoms with E-state index in [2.05, 4.69) is 25.0 Å². The lowest BCUT2D eigenvalue weighted by molar-refractivity contribution is -0.194. The quantitative estimate of drug-likeness (QED) is 0.407. The highest BCUT2D eigenvalue weighted by atomic mass is 32.3. The van der Waals surface area contributed by atoms with Crippen LogP contribution in [0.2, 0.25) is 0 Å². The number of fused-ring (bicyclic) bond motifs is 5. The Bertz CT molecular complexity index is 755. The average Bonchev–Trinajstić information content (AvgIpc) is 3.00. The van der Waals surface area contributed by atoms with E-state index in [0.29, 0.717) is 41.9 Å². The van der Waals surface area contributed by atoms with Crippen LogP contribution in [0.1, 0.15) is 85.0 Å². The molecule has 31 heavy (non-hydrogen) atoms. The molecule has 180 valence electrons. The number of hydrogen-bond donors (Lipinski definition) is 3. The first-order valence-corrected chi connectivity index (χ1v) is 13.8. The van der Waals surface area contributed by atoms with Crippen molar-refractivity contribution in [2.24, 2.45) is 46.3 Å². The minimum Gasteiger partial charge on any atom is -0.393 e. The summed E-state index contributed by atoms with van der Waals surface area (Å²) >= 11 is 0. The third-order valence-electron chi connectivity index (χ3n) is 10.4. The molecular weight excluding hydrogens is 416 g/mol. The molecule has 0 aromatic carbocycles. The summed E-state index contributed by atoms with van der Waals surface area (Å²) < 4.78 is 35.0. The molecule has 0 heterocycles. The van der Waals surface area contributed by atoms with E-state index in [1.54, 1.807) is 0 Å². The maximum Gasteiger partial charge on any atom is 0.397 e. The molecule has 4 saturated carbocycles. The molecule has 4 aliphatic carbocycles. The van der Waals surface area contributed by atoms with E-state index in [-0.39, 0.29) is 29.6 Å². The summed E-state index contributed by atoms with van der Waals surface area (Å²) in [6.45, 7) is 7.08. The SMILES string of the molecule is CC[C@H]1CC2C(C(O)C[C@]3(C)C(CCCOS(=O)(=O)O)CCC23)C2(C)CC[C@@H](O)C[C@@H]12. The van der Waals surface area contributed by atoms with Crippen LogP contribution in [0.3, 0.4) is 0 Å². The lowest BCUT2D eigenvalue weighted by Crippen LogP contribution is -2.61. The number of aliphatic hydroxyl groups is 2. The van der Waals surface area contributed by atoms with Gasteiger partial charge in [-0.25, -0.2) is 4.18 Å². The predicted molar refractivity (Wildman–Crippen MR) is 119 cm³/mol. The first-order chi connectivity index (χ1) is 14.5. The first kappa shape index (κ1) is 23.9. The molecule has 3 N–H and O–H groups in total. The van der Waals surface area contributed by atoms with Crippen molar-refractivity contribution in [3.63, 3.8) is 0 Å². The summed E-state index contributed by atoms with van der Waals surface area (Å²) in [5.74, 6) is 3.06. The van der Waals surface area contributed by atoms with Gasteiger partial charge in [-0.1, -0.05) is 27.2 Å². The fourth-order valence-electron chi connectivity index (χ4n) is 9.14. The van der Waals surface area contributed by atoms with Crippen LogP contribution in [0.25, 0.3) is 0 Å². The number of hydrogen-bond acceptors (Lipinski definition) is 5. The van der Waals surface area contributed by atoms with Crippen LogP contribution in [0, 0.1) is 46.3 Å². The Morgan fingerprint density at radius 3 is 2.45 bits per heavy atom. The minimum atomic E-state index is -4.37. The molecule has 4 fully saturated rings. The van der Waals surface area contributed by atoms with Gasteiger partial charge in [-0.3, -0.25) is 4.55 Å². The molecule has 0 aromatic rings. The van der Waals surface area contributed by atoms with Crippen LogP contribution in [0.15, 0.2) is 0 Å². The summed E-state index contributed by atoms with van der Waals surface area (Å²) in [6.07, 6.45) is 9.21. The molecule has 0 amide bonds. The largest absolute Gasteiger partial charge is 0.397 e. The van der Waals surface area contributed by atoms with E-state index < -0.39 is 10.4 Å². The van der Waals surface area contributed by atoms with Gasteiger partial charge in [0, 0.05) is 0 Å². The van der Waals surface area contributed by atoms with Crippen molar-refractivity contribution in [2.45, 2.75) is 97.2 Å². The highest BCUT2D eigenvalue weighted by Crippen LogP contribution is 2.69. The zero-order valence-electron chi connectivity index (χ0n) is 19.4. The molecule has 10 atom stereocenters. The summed E-state index contributed by atoms with van der Waals surface area (Å²) in [6, 6.07) is 0. The van der Waals surface area contributed by atoms with Crippen molar-refractivity contribution in [1.29, 1.82) is 0 Å². The van der Waals surface area contributed by atoms with E-state index in [1.807, 2.05) is 0 Å². The standard InChI is InChI=1S/C24H42O6S/c1-4-15-12-18-19-8-7-16(6-5-11-30-31(27,28)29)24(19,3)14-21(26)22(18)23(2)10-9-17(25)13-20(15)23/h15-22,25-26H,4-14H2,1-3H3,(H,27,28,29)/t15-,16?,17+,18?,19?,20-,21?,22?,23?,24+/m0/s1. The van der Waals surface area contributed by atoms with E-state index >= 15 is 0 Å². The fourth-order valence-corrected chi connectivity index (χ4v) is 9.47. The molecule has 0 aliphatic heterocycles. The normalized spacial score (nSPS) is 49.9. The van der Waals surface area contributed by atoms with Crippen LogP contribution in [0.5, 0.6) is 0 Å². The first-order valence-electron chi connectivity index (χ1n) is 12.5. The molecule has 0 bridgehead atoms. The van der Waals surface area contributed by atoms with E-state index in [9.17, 15) is 18.6 Å². The second-order valence-corrected chi connectivity index (χ2v) is 12.8. The number of aliphatic hydroxyl groups excluding tert-OH is 2. The van der Waals surface area contributed by atoms with E-state index in [0.717, 1.165) is 44.9 Å².